The smallest absolute Gasteiger partial charge is 0.237 e. The van der Waals surface area contributed by atoms with Gasteiger partial charge < -0.3 is 11.1 Å². The number of nitrogens with one attached hydrogen (secondary N) is 1. The van der Waals surface area contributed by atoms with Gasteiger partial charge in [0.05, 0.1) is 12.1 Å². The van der Waals surface area contributed by atoms with Gasteiger partial charge in [-0.1, -0.05) is 20.3 Å². The third-order valence-corrected chi connectivity index (χ3v) is 3.12. The zero-order valence-corrected chi connectivity index (χ0v) is 10.7. The largest absolute Gasteiger partial charge is 0.348 e. The van der Waals surface area contributed by atoms with E-state index in [-0.39, 0.29) is 17.9 Å². The highest BCUT2D eigenvalue weighted by atomic mass is 16.2. The van der Waals surface area contributed by atoms with Gasteiger partial charge in [0, 0.05) is 12.4 Å². The van der Waals surface area contributed by atoms with Crippen molar-refractivity contribution in [2.75, 3.05) is 0 Å². The van der Waals surface area contributed by atoms with Crippen LogP contribution in [0.5, 0.6) is 0 Å². The summed E-state index contributed by atoms with van der Waals surface area (Å²) in [5, 5.41) is 2.92. The number of aromatic nitrogens is 1. The predicted octanol–water partition coefficient (Wildman–Crippen LogP) is 1.63. The number of amides is 1. The van der Waals surface area contributed by atoms with Crippen LogP contribution in [0.1, 0.15) is 38.8 Å². The van der Waals surface area contributed by atoms with E-state index in [9.17, 15) is 4.79 Å². The molecule has 1 aromatic rings. The molecule has 94 valence electrons. The van der Waals surface area contributed by atoms with Gasteiger partial charge in [-0.3, -0.25) is 9.78 Å². The molecule has 0 radical (unpaired) electrons. The van der Waals surface area contributed by atoms with E-state index in [4.69, 9.17) is 5.73 Å². The summed E-state index contributed by atoms with van der Waals surface area (Å²) < 4.78 is 0. The third-order valence-electron chi connectivity index (χ3n) is 3.12. The Kier molecular flexibility index (Phi) is 5.10. The van der Waals surface area contributed by atoms with E-state index in [1.807, 2.05) is 32.9 Å². The molecule has 1 rings (SSSR count). The first-order valence-corrected chi connectivity index (χ1v) is 6.02. The van der Waals surface area contributed by atoms with Crippen LogP contribution in [0.2, 0.25) is 0 Å². The Morgan fingerprint density at radius 2 is 2.00 bits per heavy atom. The van der Waals surface area contributed by atoms with Crippen LogP contribution < -0.4 is 11.1 Å². The highest BCUT2D eigenvalue weighted by Gasteiger charge is 2.20. The fourth-order valence-electron chi connectivity index (χ4n) is 1.56. The third kappa shape index (κ3) is 3.82. The molecule has 0 spiro atoms. The van der Waals surface area contributed by atoms with Crippen LogP contribution in [0.15, 0.2) is 24.5 Å². The molecule has 0 bridgehead atoms. The van der Waals surface area contributed by atoms with Gasteiger partial charge >= 0.3 is 0 Å². The first-order valence-electron chi connectivity index (χ1n) is 6.02. The van der Waals surface area contributed by atoms with Crippen LogP contribution in [0, 0.1) is 5.92 Å². The molecule has 1 aromatic heterocycles. The molecular formula is C13H21N3O. The molecule has 3 atom stereocenters. The summed E-state index contributed by atoms with van der Waals surface area (Å²) in [5.74, 6) is 0.100. The van der Waals surface area contributed by atoms with E-state index in [2.05, 4.69) is 10.3 Å². The number of hydrogen-bond acceptors (Lipinski definition) is 3. The number of nitrogens with two attached hydrogens (primary N) is 1. The summed E-state index contributed by atoms with van der Waals surface area (Å²) in [6, 6.07) is 3.30. The number of hydrogen-bond donors (Lipinski definition) is 2. The highest BCUT2D eigenvalue weighted by molar-refractivity contribution is 5.82. The first kappa shape index (κ1) is 13.6. The Labute approximate surface area is 103 Å². The minimum atomic E-state index is -0.440. The molecule has 0 aromatic carbocycles. The van der Waals surface area contributed by atoms with E-state index in [1.165, 1.54) is 0 Å². The molecule has 0 saturated heterocycles. The van der Waals surface area contributed by atoms with Gasteiger partial charge in [0.15, 0.2) is 0 Å². The molecule has 4 heteroatoms. The lowest BCUT2D eigenvalue weighted by atomic mass is 9.99. The lowest BCUT2D eigenvalue weighted by Crippen LogP contribution is -2.45. The van der Waals surface area contributed by atoms with Crippen LogP contribution in [0.4, 0.5) is 0 Å². The van der Waals surface area contributed by atoms with E-state index in [1.54, 1.807) is 12.4 Å². The van der Waals surface area contributed by atoms with Gasteiger partial charge in [-0.15, -0.1) is 0 Å². The molecule has 3 unspecified atom stereocenters. The maximum absolute atomic E-state index is 11.9. The van der Waals surface area contributed by atoms with Crippen molar-refractivity contribution in [3.8, 4) is 0 Å². The number of carbonyl (C=O) groups is 1. The van der Waals surface area contributed by atoms with Crippen molar-refractivity contribution in [1.29, 1.82) is 0 Å². The molecule has 0 aliphatic heterocycles. The average molecular weight is 235 g/mol. The molecule has 17 heavy (non-hydrogen) atoms. The van der Waals surface area contributed by atoms with Crippen LogP contribution in [-0.2, 0) is 4.79 Å². The topological polar surface area (TPSA) is 68.0 Å². The molecular weight excluding hydrogens is 214 g/mol. The van der Waals surface area contributed by atoms with Crippen molar-refractivity contribution in [3.63, 3.8) is 0 Å². The van der Waals surface area contributed by atoms with Gasteiger partial charge in [-0.2, -0.15) is 0 Å². The van der Waals surface area contributed by atoms with Crippen LogP contribution in [0.25, 0.3) is 0 Å². The van der Waals surface area contributed by atoms with Crippen LogP contribution in [0.3, 0.4) is 0 Å². The van der Waals surface area contributed by atoms with Crippen molar-refractivity contribution in [2.45, 2.75) is 39.3 Å². The molecule has 3 N–H and O–H groups in total. The first-order chi connectivity index (χ1) is 8.06. The average Bonchev–Trinajstić information content (AvgIpc) is 2.37. The van der Waals surface area contributed by atoms with E-state index in [0.717, 1.165) is 12.0 Å². The fourth-order valence-corrected chi connectivity index (χ4v) is 1.56. The molecule has 0 saturated carbocycles. The van der Waals surface area contributed by atoms with E-state index < -0.39 is 6.04 Å². The van der Waals surface area contributed by atoms with Crippen molar-refractivity contribution >= 4 is 5.91 Å². The van der Waals surface area contributed by atoms with Crippen molar-refractivity contribution in [3.05, 3.63) is 30.1 Å². The van der Waals surface area contributed by atoms with Crippen molar-refractivity contribution in [1.82, 2.24) is 10.3 Å². The predicted molar refractivity (Wildman–Crippen MR) is 68.2 cm³/mol. The van der Waals surface area contributed by atoms with Crippen molar-refractivity contribution < 1.29 is 4.79 Å². The van der Waals surface area contributed by atoms with Crippen LogP contribution in [-0.4, -0.2) is 16.9 Å². The van der Waals surface area contributed by atoms with E-state index in [0.29, 0.717) is 0 Å². The minimum absolute atomic E-state index is 0.0411. The second-order valence-electron chi connectivity index (χ2n) is 4.42. The molecule has 1 heterocycles. The van der Waals surface area contributed by atoms with Crippen LogP contribution >= 0.6 is 0 Å². The summed E-state index contributed by atoms with van der Waals surface area (Å²) in [7, 11) is 0. The minimum Gasteiger partial charge on any atom is -0.348 e. The van der Waals surface area contributed by atoms with Gasteiger partial charge in [-0.05, 0) is 30.5 Å². The highest BCUT2D eigenvalue weighted by Crippen LogP contribution is 2.12. The van der Waals surface area contributed by atoms with E-state index >= 15 is 0 Å². The van der Waals surface area contributed by atoms with Gasteiger partial charge in [0.2, 0.25) is 5.91 Å². The monoisotopic (exact) mass is 235 g/mol. The summed E-state index contributed by atoms with van der Waals surface area (Å²) in [5.41, 5.74) is 6.91. The molecule has 4 nitrogen and oxygen atoms in total. The molecule has 0 aliphatic carbocycles. The zero-order valence-electron chi connectivity index (χ0n) is 10.7. The second kappa shape index (κ2) is 6.35. The number of nitrogens with zero attached hydrogens (tertiary/aromatic N) is 1. The molecule has 1 amide bonds. The summed E-state index contributed by atoms with van der Waals surface area (Å²) in [4.78, 5) is 15.8. The zero-order chi connectivity index (χ0) is 12.8. The summed E-state index contributed by atoms with van der Waals surface area (Å²) >= 11 is 0. The standard InChI is InChI=1S/C13H21N3O/c1-4-9(2)12(14)13(17)16-10(3)11-5-7-15-8-6-11/h5-10,12H,4,14H2,1-3H3,(H,16,17). The second-order valence-corrected chi connectivity index (χ2v) is 4.42. The van der Waals surface area contributed by atoms with Gasteiger partial charge in [0.25, 0.3) is 0 Å². The lowest BCUT2D eigenvalue weighted by Gasteiger charge is -2.21. The van der Waals surface area contributed by atoms with Gasteiger partial charge in [0.1, 0.15) is 0 Å². The number of rotatable bonds is 5. The van der Waals surface area contributed by atoms with Crippen molar-refractivity contribution in [2.24, 2.45) is 11.7 Å². The molecule has 0 aliphatic rings. The van der Waals surface area contributed by atoms with Gasteiger partial charge in [-0.25, -0.2) is 0 Å². The fraction of sp³-hybridized carbons (Fsp3) is 0.538. The normalized spacial score (nSPS) is 16.0. The Morgan fingerprint density at radius 1 is 1.41 bits per heavy atom. The maximum atomic E-state index is 11.9. The summed E-state index contributed by atoms with van der Waals surface area (Å²) in [6.07, 6.45) is 4.33. The Morgan fingerprint density at radius 3 is 2.53 bits per heavy atom. The maximum Gasteiger partial charge on any atom is 0.237 e. The number of carbonyl (C=O) groups excluding carboxylic acids is 1. The number of pyridine rings is 1. The Bertz CT molecular complexity index is 353. The SMILES string of the molecule is CCC(C)C(N)C(=O)NC(C)c1ccncc1. The lowest BCUT2D eigenvalue weighted by molar-refractivity contribution is -0.124. The Balaban J connectivity index is 2.57. The quantitative estimate of drug-likeness (QED) is 0.815. The molecule has 0 fully saturated rings. The Hall–Kier alpha value is -1.42. The summed E-state index contributed by atoms with van der Waals surface area (Å²) in [6.45, 7) is 5.96.